The van der Waals surface area contributed by atoms with Gasteiger partial charge < -0.3 is 10.3 Å². The molecule has 2 aromatic rings. The molecular formula is C13H13ClFN3O. The lowest BCUT2D eigenvalue weighted by Gasteiger charge is -2.15. The minimum atomic E-state index is -0.381. The highest BCUT2D eigenvalue weighted by molar-refractivity contribution is 6.32. The number of H-pyrrole nitrogens is 1. The fourth-order valence-corrected chi connectivity index (χ4v) is 1.90. The first-order valence-electron chi connectivity index (χ1n) is 5.80. The van der Waals surface area contributed by atoms with Crippen molar-refractivity contribution in [1.82, 2.24) is 9.97 Å². The van der Waals surface area contributed by atoms with E-state index in [-0.39, 0.29) is 22.4 Å². The summed E-state index contributed by atoms with van der Waals surface area (Å²) in [6.07, 6.45) is 1.96. The van der Waals surface area contributed by atoms with Gasteiger partial charge in [0.15, 0.2) is 5.82 Å². The van der Waals surface area contributed by atoms with Crippen LogP contribution in [0, 0.1) is 5.82 Å². The molecule has 19 heavy (non-hydrogen) atoms. The van der Waals surface area contributed by atoms with Crippen LogP contribution >= 0.6 is 11.6 Å². The zero-order chi connectivity index (χ0) is 13.8. The number of halogens is 2. The summed E-state index contributed by atoms with van der Waals surface area (Å²) in [6.45, 7) is 1.93. The van der Waals surface area contributed by atoms with Crippen LogP contribution in [0.1, 0.15) is 12.5 Å². The number of nitrogens with one attached hydrogen (secondary N) is 2. The smallest absolute Gasteiger partial charge is 0.271 e. The van der Waals surface area contributed by atoms with Crippen molar-refractivity contribution in [3.63, 3.8) is 0 Å². The molecule has 0 spiro atoms. The molecule has 4 nitrogen and oxygen atoms in total. The molecule has 0 saturated heterocycles. The molecule has 1 atom stereocenters. The molecule has 0 radical (unpaired) electrons. The fraction of sp³-hybridized carbons (Fsp3) is 0.231. The molecule has 2 N–H and O–H groups in total. The Balaban J connectivity index is 2.05. The lowest BCUT2D eigenvalue weighted by molar-refractivity contribution is 0.626. The van der Waals surface area contributed by atoms with Gasteiger partial charge in [-0.2, -0.15) is 0 Å². The fourth-order valence-electron chi connectivity index (χ4n) is 1.74. The van der Waals surface area contributed by atoms with E-state index < -0.39 is 0 Å². The Morgan fingerprint density at radius 2 is 2.11 bits per heavy atom. The number of rotatable bonds is 4. The first kappa shape index (κ1) is 13.5. The second kappa shape index (κ2) is 5.84. The van der Waals surface area contributed by atoms with Crippen LogP contribution in [0.25, 0.3) is 0 Å². The first-order chi connectivity index (χ1) is 9.06. The summed E-state index contributed by atoms with van der Waals surface area (Å²) in [5.74, 6) is 0.0868. The number of aromatic amines is 1. The topological polar surface area (TPSA) is 57.8 Å². The number of hydrogen-bond acceptors (Lipinski definition) is 3. The average Bonchev–Trinajstić information content (AvgIpc) is 2.38. The summed E-state index contributed by atoms with van der Waals surface area (Å²) in [7, 11) is 0. The molecule has 1 aromatic carbocycles. The normalized spacial score (nSPS) is 12.2. The van der Waals surface area contributed by atoms with E-state index in [2.05, 4.69) is 15.3 Å². The van der Waals surface area contributed by atoms with Crippen molar-refractivity contribution in [1.29, 1.82) is 0 Å². The van der Waals surface area contributed by atoms with Crippen LogP contribution in [0.5, 0.6) is 0 Å². The van der Waals surface area contributed by atoms with Gasteiger partial charge in [0.05, 0.1) is 6.33 Å². The summed E-state index contributed by atoms with van der Waals surface area (Å²) in [5, 5.41) is 3.09. The van der Waals surface area contributed by atoms with Gasteiger partial charge in [0, 0.05) is 6.04 Å². The van der Waals surface area contributed by atoms with Crippen LogP contribution in [-0.2, 0) is 6.42 Å². The van der Waals surface area contributed by atoms with Gasteiger partial charge in [-0.25, -0.2) is 9.37 Å². The molecule has 0 fully saturated rings. The Hall–Kier alpha value is -1.88. The zero-order valence-corrected chi connectivity index (χ0v) is 11.0. The maximum absolute atomic E-state index is 12.8. The molecule has 0 bridgehead atoms. The summed E-state index contributed by atoms with van der Waals surface area (Å²) in [5.41, 5.74) is 0.607. The quantitative estimate of drug-likeness (QED) is 0.906. The van der Waals surface area contributed by atoms with Crippen LogP contribution in [0.3, 0.4) is 0 Å². The van der Waals surface area contributed by atoms with Crippen LogP contribution < -0.4 is 10.9 Å². The molecule has 1 heterocycles. The van der Waals surface area contributed by atoms with Crippen molar-refractivity contribution in [2.24, 2.45) is 0 Å². The monoisotopic (exact) mass is 281 g/mol. The number of nitrogens with zero attached hydrogens (tertiary/aromatic N) is 1. The van der Waals surface area contributed by atoms with E-state index in [4.69, 9.17) is 11.6 Å². The van der Waals surface area contributed by atoms with Crippen molar-refractivity contribution in [3.05, 3.63) is 57.3 Å². The number of hydrogen-bond donors (Lipinski definition) is 2. The van der Waals surface area contributed by atoms with Crippen LogP contribution in [-0.4, -0.2) is 16.0 Å². The SMILES string of the molecule is CC(Cc1ccc(F)cc1)Nc1nc[nH]c(=O)c1Cl. The first-order valence-corrected chi connectivity index (χ1v) is 6.18. The average molecular weight is 282 g/mol. The van der Waals surface area contributed by atoms with Gasteiger partial charge >= 0.3 is 0 Å². The van der Waals surface area contributed by atoms with Crippen molar-refractivity contribution in [2.45, 2.75) is 19.4 Å². The Morgan fingerprint density at radius 1 is 1.42 bits per heavy atom. The molecule has 2 rings (SSSR count). The standard InChI is InChI=1S/C13H13ClFN3O/c1-8(6-9-2-4-10(15)5-3-9)18-12-11(14)13(19)17-7-16-12/h2-5,7-8H,6H2,1H3,(H2,16,17,18,19). The van der Waals surface area contributed by atoms with Gasteiger partial charge in [-0.1, -0.05) is 23.7 Å². The van der Waals surface area contributed by atoms with E-state index >= 15 is 0 Å². The maximum Gasteiger partial charge on any atom is 0.271 e. The van der Waals surface area contributed by atoms with Crippen molar-refractivity contribution in [2.75, 3.05) is 5.32 Å². The number of anilines is 1. The lowest BCUT2D eigenvalue weighted by Crippen LogP contribution is -2.21. The molecule has 0 aliphatic rings. The van der Waals surface area contributed by atoms with Gasteiger partial charge in [0.1, 0.15) is 10.8 Å². The number of aromatic nitrogens is 2. The van der Waals surface area contributed by atoms with Gasteiger partial charge in [0.2, 0.25) is 0 Å². The summed E-state index contributed by atoms with van der Waals surface area (Å²) in [4.78, 5) is 17.7. The van der Waals surface area contributed by atoms with Crippen LogP contribution in [0.15, 0.2) is 35.4 Å². The van der Waals surface area contributed by atoms with Gasteiger partial charge in [-0.05, 0) is 31.0 Å². The zero-order valence-electron chi connectivity index (χ0n) is 10.3. The Kier molecular flexibility index (Phi) is 4.16. The second-order valence-corrected chi connectivity index (χ2v) is 4.65. The highest BCUT2D eigenvalue weighted by atomic mass is 35.5. The van der Waals surface area contributed by atoms with Gasteiger partial charge in [0.25, 0.3) is 5.56 Å². The molecule has 0 saturated carbocycles. The van der Waals surface area contributed by atoms with E-state index in [0.29, 0.717) is 12.2 Å². The Labute approximate surface area is 114 Å². The Bertz CT molecular complexity index is 612. The van der Waals surface area contributed by atoms with Crippen molar-refractivity contribution < 1.29 is 4.39 Å². The summed E-state index contributed by atoms with van der Waals surface area (Å²) >= 11 is 5.84. The van der Waals surface area contributed by atoms with E-state index in [1.54, 1.807) is 12.1 Å². The number of benzene rings is 1. The third kappa shape index (κ3) is 3.54. The lowest BCUT2D eigenvalue weighted by atomic mass is 10.1. The molecule has 100 valence electrons. The van der Waals surface area contributed by atoms with Crippen LogP contribution in [0.2, 0.25) is 5.02 Å². The predicted octanol–water partition coefficient (Wildman–Crippen LogP) is 2.61. The molecule has 0 aliphatic carbocycles. The third-order valence-electron chi connectivity index (χ3n) is 2.63. The highest BCUT2D eigenvalue weighted by Gasteiger charge is 2.09. The molecular weight excluding hydrogens is 269 g/mol. The highest BCUT2D eigenvalue weighted by Crippen LogP contribution is 2.15. The minimum absolute atomic E-state index is 0.0114. The molecule has 1 unspecified atom stereocenters. The van der Waals surface area contributed by atoms with E-state index in [1.165, 1.54) is 18.5 Å². The minimum Gasteiger partial charge on any atom is -0.366 e. The second-order valence-electron chi connectivity index (χ2n) is 4.27. The van der Waals surface area contributed by atoms with Crippen molar-refractivity contribution >= 4 is 17.4 Å². The molecule has 6 heteroatoms. The van der Waals surface area contributed by atoms with E-state index in [9.17, 15) is 9.18 Å². The summed E-state index contributed by atoms with van der Waals surface area (Å²) < 4.78 is 12.8. The third-order valence-corrected chi connectivity index (χ3v) is 2.99. The Morgan fingerprint density at radius 3 is 2.79 bits per heavy atom. The molecule has 0 aliphatic heterocycles. The van der Waals surface area contributed by atoms with Crippen LogP contribution in [0.4, 0.5) is 10.2 Å². The maximum atomic E-state index is 12.8. The van der Waals surface area contributed by atoms with Gasteiger partial charge in [-0.15, -0.1) is 0 Å². The van der Waals surface area contributed by atoms with E-state index in [1.807, 2.05) is 6.92 Å². The predicted molar refractivity (Wildman–Crippen MR) is 73.1 cm³/mol. The van der Waals surface area contributed by atoms with Gasteiger partial charge in [-0.3, -0.25) is 4.79 Å². The summed E-state index contributed by atoms with van der Waals surface area (Å²) in [6, 6.07) is 6.29. The van der Waals surface area contributed by atoms with E-state index in [0.717, 1.165) is 5.56 Å². The van der Waals surface area contributed by atoms with Crippen molar-refractivity contribution in [3.8, 4) is 0 Å². The molecule has 1 aromatic heterocycles. The largest absolute Gasteiger partial charge is 0.366 e. The molecule has 0 amide bonds.